The Labute approximate surface area is 126 Å². The summed E-state index contributed by atoms with van der Waals surface area (Å²) < 4.78 is 23.9. The third-order valence-corrected chi connectivity index (χ3v) is 3.14. The van der Waals surface area contributed by atoms with Gasteiger partial charge < -0.3 is 14.5 Å². The first-order valence-corrected chi connectivity index (χ1v) is 6.89. The van der Waals surface area contributed by atoms with Crippen molar-refractivity contribution in [1.29, 1.82) is 0 Å². The lowest BCUT2D eigenvalue weighted by Crippen LogP contribution is -2.04. The summed E-state index contributed by atoms with van der Waals surface area (Å²) in [4.78, 5) is 14.8. The molecule has 0 fully saturated rings. The summed E-state index contributed by atoms with van der Waals surface area (Å²) in [5, 5.41) is 0.731. The molecule has 0 amide bonds. The number of hydrogen-bond acceptors (Lipinski definition) is 3. The average Bonchev–Trinajstić information content (AvgIpc) is 2.93. The molecule has 0 unspecified atom stereocenters. The number of benzene rings is 2. The quantitative estimate of drug-likeness (QED) is 0.732. The van der Waals surface area contributed by atoms with Gasteiger partial charge in [0, 0.05) is 17.0 Å². The molecular weight excluding hydrogens is 285 g/mol. The highest BCUT2D eigenvalue weighted by Gasteiger charge is 2.13. The van der Waals surface area contributed by atoms with E-state index < -0.39 is 5.97 Å². The number of ether oxygens (including phenoxy) is 2. The molecule has 0 atom stereocenters. The summed E-state index contributed by atoms with van der Waals surface area (Å²) >= 11 is 0. The summed E-state index contributed by atoms with van der Waals surface area (Å²) in [5.41, 5.74) is 1.10. The lowest BCUT2D eigenvalue weighted by molar-refractivity contribution is 0.0520. The standard InChI is InChI=1S/C17H14FNO3/c1-2-21-17(20)15-10-13-14(19-15)7-4-8-16(13)22-12-6-3-5-11(18)9-12/h3-10,19H,2H2,1H3. The van der Waals surface area contributed by atoms with Crippen molar-refractivity contribution >= 4 is 16.9 Å². The van der Waals surface area contributed by atoms with E-state index in [4.69, 9.17) is 9.47 Å². The predicted molar refractivity (Wildman–Crippen MR) is 80.7 cm³/mol. The fraction of sp³-hybridized carbons (Fsp3) is 0.118. The molecule has 0 saturated heterocycles. The van der Waals surface area contributed by atoms with Crippen molar-refractivity contribution in [2.45, 2.75) is 6.92 Å². The number of nitrogens with one attached hydrogen (secondary N) is 1. The highest BCUT2D eigenvalue weighted by molar-refractivity contribution is 5.97. The first-order valence-electron chi connectivity index (χ1n) is 6.89. The molecule has 0 spiro atoms. The van der Waals surface area contributed by atoms with Gasteiger partial charge in [0.15, 0.2) is 0 Å². The Kier molecular flexibility index (Phi) is 3.78. The molecule has 0 radical (unpaired) electrons. The zero-order valence-electron chi connectivity index (χ0n) is 11.9. The number of carbonyl (C=O) groups excluding carboxylic acids is 1. The van der Waals surface area contributed by atoms with E-state index in [2.05, 4.69) is 4.98 Å². The SMILES string of the molecule is CCOC(=O)c1cc2c(Oc3cccc(F)c3)cccc2[nH]1. The van der Waals surface area contributed by atoms with Crippen LogP contribution in [0.5, 0.6) is 11.5 Å². The number of rotatable bonds is 4. The van der Waals surface area contributed by atoms with Crippen LogP contribution in [0, 0.1) is 5.82 Å². The third-order valence-electron chi connectivity index (χ3n) is 3.14. The highest BCUT2D eigenvalue weighted by Crippen LogP contribution is 2.30. The Balaban J connectivity index is 1.97. The lowest BCUT2D eigenvalue weighted by Gasteiger charge is -2.06. The van der Waals surface area contributed by atoms with Crippen molar-refractivity contribution in [3.05, 3.63) is 60.0 Å². The van der Waals surface area contributed by atoms with Gasteiger partial charge in [-0.25, -0.2) is 9.18 Å². The molecule has 2 aromatic carbocycles. The molecule has 0 aliphatic heterocycles. The minimum Gasteiger partial charge on any atom is -0.461 e. The monoisotopic (exact) mass is 299 g/mol. The summed E-state index contributed by atoms with van der Waals surface area (Å²) in [6.07, 6.45) is 0. The molecule has 4 nitrogen and oxygen atoms in total. The number of hydrogen-bond donors (Lipinski definition) is 1. The first kappa shape index (κ1) is 14.1. The largest absolute Gasteiger partial charge is 0.461 e. The van der Waals surface area contributed by atoms with Crippen LogP contribution < -0.4 is 4.74 Å². The molecule has 112 valence electrons. The minimum absolute atomic E-state index is 0.306. The second-order valence-corrected chi connectivity index (χ2v) is 4.68. The summed E-state index contributed by atoms with van der Waals surface area (Å²) in [5.74, 6) is 0.141. The molecule has 1 heterocycles. The number of fused-ring (bicyclic) bond motifs is 1. The fourth-order valence-corrected chi connectivity index (χ4v) is 2.19. The van der Waals surface area contributed by atoms with Gasteiger partial charge in [0.2, 0.25) is 0 Å². The summed E-state index contributed by atoms with van der Waals surface area (Å²) in [7, 11) is 0. The molecule has 5 heteroatoms. The molecule has 3 aromatic rings. The van der Waals surface area contributed by atoms with E-state index >= 15 is 0 Å². The third kappa shape index (κ3) is 2.79. The number of aromatic nitrogens is 1. The predicted octanol–water partition coefficient (Wildman–Crippen LogP) is 4.28. The van der Waals surface area contributed by atoms with Crippen LogP contribution in [0.2, 0.25) is 0 Å². The molecule has 22 heavy (non-hydrogen) atoms. The van der Waals surface area contributed by atoms with Gasteiger partial charge in [0.05, 0.1) is 6.61 Å². The Bertz CT molecular complexity index is 826. The van der Waals surface area contributed by atoms with Crippen LogP contribution in [0.1, 0.15) is 17.4 Å². The second kappa shape index (κ2) is 5.89. The Morgan fingerprint density at radius 2 is 2.00 bits per heavy atom. The van der Waals surface area contributed by atoms with Crippen LogP contribution in [0.3, 0.4) is 0 Å². The van der Waals surface area contributed by atoms with Gasteiger partial charge in [-0.1, -0.05) is 12.1 Å². The van der Waals surface area contributed by atoms with Gasteiger partial charge in [-0.15, -0.1) is 0 Å². The smallest absolute Gasteiger partial charge is 0.354 e. The van der Waals surface area contributed by atoms with Crippen LogP contribution in [-0.4, -0.2) is 17.6 Å². The molecule has 0 aliphatic rings. The van der Waals surface area contributed by atoms with Crippen molar-refractivity contribution in [1.82, 2.24) is 4.98 Å². The van der Waals surface area contributed by atoms with Crippen molar-refractivity contribution in [2.75, 3.05) is 6.61 Å². The molecule has 1 aromatic heterocycles. The number of carbonyl (C=O) groups is 1. The van der Waals surface area contributed by atoms with Crippen LogP contribution >= 0.6 is 0 Å². The zero-order chi connectivity index (χ0) is 15.5. The molecule has 3 rings (SSSR count). The molecule has 0 bridgehead atoms. The van der Waals surface area contributed by atoms with Gasteiger partial charge >= 0.3 is 5.97 Å². The molecule has 0 saturated carbocycles. The average molecular weight is 299 g/mol. The van der Waals surface area contributed by atoms with E-state index in [0.717, 1.165) is 10.9 Å². The van der Waals surface area contributed by atoms with Gasteiger partial charge in [0.25, 0.3) is 0 Å². The second-order valence-electron chi connectivity index (χ2n) is 4.68. The minimum atomic E-state index is -0.421. The maximum absolute atomic E-state index is 13.2. The summed E-state index contributed by atoms with van der Waals surface area (Å²) in [6.45, 7) is 2.06. The van der Waals surface area contributed by atoms with Crippen molar-refractivity contribution in [2.24, 2.45) is 0 Å². The lowest BCUT2D eigenvalue weighted by atomic mass is 10.2. The first-order chi connectivity index (χ1) is 10.7. The van der Waals surface area contributed by atoms with Crippen LogP contribution in [0.15, 0.2) is 48.5 Å². The maximum Gasteiger partial charge on any atom is 0.354 e. The normalized spacial score (nSPS) is 10.6. The van der Waals surface area contributed by atoms with Gasteiger partial charge in [-0.05, 0) is 37.3 Å². The van der Waals surface area contributed by atoms with Gasteiger partial charge in [0.1, 0.15) is 23.0 Å². The number of esters is 1. The molecule has 0 aliphatic carbocycles. The number of H-pyrrole nitrogens is 1. The van der Waals surface area contributed by atoms with Crippen LogP contribution in [0.25, 0.3) is 10.9 Å². The van der Waals surface area contributed by atoms with E-state index in [1.807, 2.05) is 6.07 Å². The zero-order valence-corrected chi connectivity index (χ0v) is 11.9. The van der Waals surface area contributed by atoms with Crippen molar-refractivity contribution in [3.63, 3.8) is 0 Å². The number of halogens is 1. The van der Waals surface area contributed by atoms with E-state index in [0.29, 0.717) is 23.8 Å². The van der Waals surface area contributed by atoms with Crippen LogP contribution in [0.4, 0.5) is 4.39 Å². The Hall–Kier alpha value is -2.82. The molecular formula is C17H14FNO3. The Morgan fingerprint density at radius 3 is 2.77 bits per heavy atom. The fourth-order valence-electron chi connectivity index (χ4n) is 2.19. The van der Waals surface area contributed by atoms with E-state index in [-0.39, 0.29) is 5.82 Å². The maximum atomic E-state index is 13.2. The van der Waals surface area contributed by atoms with Crippen LogP contribution in [-0.2, 0) is 4.74 Å². The van der Waals surface area contributed by atoms with Gasteiger partial charge in [-0.3, -0.25) is 0 Å². The topological polar surface area (TPSA) is 51.3 Å². The van der Waals surface area contributed by atoms with E-state index in [9.17, 15) is 9.18 Å². The Morgan fingerprint density at radius 1 is 1.18 bits per heavy atom. The van der Waals surface area contributed by atoms with Crippen molar-refractivity contribution in [3.8, 4) is 11.5 Å². The molecule has 1 N–H and O–H groups in total. The van der Waals surface area contributed by atoms with E-state index in [1.54, 1.807) is 37.3 Å². The highest BCUT2D eigenvalue weighted by atomic mass is 19.1. The van der Waals surface area contributed by atoms with Crippen molar-refractivity contribution < 1.29 is 18.7 Å². The van der Waals surface area contributed by atoms with E-state index in [1.165, 1.54) is 12.1 Å². The number of aromatic amines is 1. The summed E-state index contributed by atoms with van der Waals surface area (Å²) in [6, 6.07) is 12.9. The van der Waals surface area contributed by atoms with Gasteiger partial charge in [-0.2, -0.15) is 0 Å².